The zero-order chi connectivity index (χ0) is 25.3. The van der Waals surface area contributed by atoms with Crippen molar-refractivity contribution in [1.29, 1.82) is 5.26 Å². The van der Waals surface area contributed by atoms with E-state index in [1.165, 1.54) is 30.3 Å². The molecule has 14 heteroatoms. The summed E-state index contributed by atoms with van der Waals surface area (Å²) in [7, 11) is 1.37. The molecule has 1 fully saturated rings. The lowest BCUT2D eigenvalue weighted by Gasteiger charge is -2.43. The van der Waals surface area contributed by atoms with Crippen LogP contribution in [0.1, 0.15) is 11.7 Å². The van der Waals surface area contributed by atoms with Crippen LogP contribution in [0.15, 0.2) is 35.5 Å². The fourth-order valence-electron chi connectivity index (χ4n) is 3.69. The van der Waals surface area contributed by atoms with E-state index in [1.54, 1.807) is 0 Å². The lowest BCUT2D eigenvalue weighted by molar-refractivity contribution is -0.186. The smallest absolute Gasteiger partial charge is 0.194 e. The van der Waals surface area contributed by atoms with Gasteiger partial charge in [-0.2, -0.15) is 5.26 Å². The largest absolute Gasteiger partial charge is 0.394 e. The predicted molar refractivity (Wildman–Crippen MR) is 117 cm³/mol. The van der Waals surface area contributed by atoms with Gasteiger partial charge in [0.25, 0.3) is 0 Å². The second-order valence-corrected chi connectivity index (χ2v) is 9.05. The maximum absolute atomic E-state index is 13.7. The molecule has 0 aliphatic carbocycles. The highest BCUT2D eigenvalue weighted by Crippen LogP contribution is 2.40. The Morgan fingerprint density at radius 3 is 2.63 bits per heavy atom. The predicted octanol–water partition coefficient (Wildman–Crippen LogP) is 2.71. The molecular formula is C21H17ClF3N5O4S. The molecule has 4 rings (SSSR count). The van der Waals surface area contributed by atoms with Crippen molar-refractivity contribution in [3.05, 3.63) is 58.8 Å². The Bertz CT molecular complexity index is 1250. The summed E-state index contributed by atoms with van der Waals surface area (Å²) in [5.41, 5.74) is -0.848. The fourth-order valence-corrected chi connectivity index (χ4v) is 5.17. The average Bonchev–Trinajstić information content (AvgIpc) is 3.32. The van der Waals surface area contributed by atoms with Gasteiger partial charge in [-0.25, -0.2) is 22.8 Å². The molecule has 9 nitrogen and oxygen atoms in total. The lowest BCUT2D eigenvalue weighted by atomic mass is 9.97. The zero-order valence-electron chi connectivity index (χ0n) is 17.8. The Kier molecular flexibility index (Phi) is 7.60. The van der Waals surface area contributed by atoms with Crippen molar-refractivity contribution >= 4 is 23.4 Å². The quantitative estimate of drug-likeness (QED) is 0.465. The van der Waals surface area contributed by atoms with Gasteiger partial charge in [0.05, 0.1) is 17.8 Å². The SMILES string of the molecule is COC1C(Sc2cc(Cl)cnc2C#N)OC(CO)C(O)C1n1cc(-c2cc(F)c(F)c(F)c2)nn1. The summed E-state index contributed by atoms with van der Waals surface area (Å²) in [4.78, 5) is 4.36. The molecular weight excluding hydrogens is 511 g/mol. The number of halogens is 4. The molecule has 0 bridgehead atoms. The van der Waals surface area contributed by atoms with Crippen molar-refractivity contribution in [2.24, 2.45) is 0 Å². The summed E-state index contributed by atoms with van der Waals surface area (Å²) >= 11 is 7.07. The van der Waals surface area contributed by atoms with Crippen molar-refractivity contribution in [3.63, 3.8) is 0 Å². The number of pyridine rings is 1. The van der Waals surface area contributed by atoms with Crippen LogP contribution in [0.25, 0.3) is 11.3 Å². The highest BCUT2D eigenvalue weighted by Gasteiger charge is 2.47. The Labute approximate surface area is 206 Å². The number of aliphatic hydroxyl groups excluding tert-OH is 2. The number of benzene rings is 1. The number of thioether (sulfide) groups is 1. The van der Waals surface area contributed by atoms with E-state index in [2.05, 4.69) is 15.3 Å². The highest BCUT2D eigenvalue weighted by molar-refractivity contribution is 7.99. The molecule has 1 saturated heterocycles. The maximum atomic E-state index is 13.7. The Morgan fingerprint density at radius 2 is 2.00 bits per heavy atom. The Hall–Kier alpha value is -2.73. The van der Waals surface area contributed by atoms with Crippen LogP contribution >= 0.6 is 23.4 Å². The molecule has 1 aromatic carbocycles. The topological polar surface area (TPSA) is 126 Å². The molecule has 184 valence electrons. The molecule has 0 spiro atoms. The van der Waals surface area contributed by atoms with Crippen LogP contribution in [0.2, 0.25) is 5.02 Å². The monoisotopic (exact) mass is 527 g/mol. The van der Waals surface area contributed by atoms with Gasteiger partial charge >= 0.3 is 0 Å². The Morgan fingerprint density at radius 1 is 1.29 bits per heavy atom. The van der Waals surface area contributed by atoms with E-state index in [-0.39, 0.29) is 22.0 Å². The first-order valence-electron chi connectivity index (χ1n) is 10.0. The van der Waals surface area contributed by atoms with Gasteiger partial charge in [0.2, 0.25) is 0 Å². The molecule has 0 radical (unpaired) electrons. The van der Waals surface area contributed by atoms with E-state index in [1.807, 2.05) is 6.07 Å². The summed E-state index contributed by atoms with van der Waals surface area (Å²) in [6, 6.07) is 4.04. The number of methoxy groups -OCH3 is 1. The van der Waals surface area contributed by atoms with Crippen LogP contribution in [0.4, 0.5) is 13.2 Å². The number of nitrogens with zero attached hydrogens (tertiary/aromatic N) is 5. The summed E-state index contributed by atoms with van der Waals surface area (Å²) in [6.45, 7) is -0.556. The van der Waals surface area contributed by atoms with Gasteiger partial charge in [0.1, 0.15) is 41.6 Å². The van der Waals surface area contributed by atoms with Crippen LogP contribution in [-0.4, -0.2) is 67.7 Å². The summed E-state index contributed by atoms with van der Waals surface area (Å²) in [5, 5.41) is 38.2. The van der Waals surface area contributed by atoms with Crippen LogP contribution in [0.3, 0.4) is 0 Å². The van der Waals surface area contributed by atoms with Gasteiger partial charge in [0, 0.05) is 23.8 Å². The van der Waals surface area contributed by atoms with Crippen molar-refractivity contribution in [1.82, 2.24) is 20.0 Å². The number of hydrogen-bond donors (Lipinski definition) is 2. The first-order chi connectivity index (χ1) is 16.8. The third-order valence-electron chi connectivity index (χ3n) is 5.36. The minimum Gasteiger partial charge on any atom is -0.394 e. The number of aromatic nitrogens is 4. The first kappa shape index (κ1) is 25.4. The zero-order valence-corrected chi connectivity index (χ0v) is 19.4. The number of ether oxygens (including phenoxy) is 2. The first-order valence-corrected chi connectivity index (χ1v) is 11.3. The number of aliphatic hydroxyl groups is 2. The van der Waals surface area contributed by atoms with Gasteiger partial charge in [-0.3, -0.25) is 0 Å². The van der Waals surface area contributed by atoms with E-state index in [9.17, 15) is 28.6 Å². The van der Waals surface area contributed by atoms with Crippen molar-refractivity contribution in [3.8, 4) is 17.3 Å². The molecule has 35 heavy (non-hydrogen) atoms. The van der Waals surface area contributed by atoms with Gasteiger partial charge in [-0.15, -0.1) is 5.10 Å². The second kappa shape index (κ2) is 10.5. The van der Waals surface area contributed by atoms with Gasteiger partial charge in [-0.05, 0) is 18.2 Å². The van der Waals surface area contributed by atoms with E-state index < -0.39 is 53.8 Å². The number of nitriles is 1. The third kappa shape index (κ3) is 4.99. The summed E-state index contributed by atoms with van der Waals surface area (Å²) in [6.07, 6.45) is -0.684. The molecule has 3 heterocycles. The Balaban J connectivity index is 1.70. The lowest BCUT2D eigenvalue weighted by Crippen LogP contribution is -2.55. The molecule has 0 saturated carbocycles. The van der Waals surface area contributed by atoms with Gasteiger partial charge < -0.3 is 19.7 Å². The third-order valence-corrected chi connectivity index (χ3v) is 6.74. The molecule has 2 N–H and O–H groups in total. The van der Waals surface area contributed by atoms with Gasteiger partial charge in [0.15, 0.2) is 23.1 Å². The average molecular weight is 528 g/mol. The van der Waals surface area contributed by atoms with E-state index in [0.717, 1.165) is 23.9 Å². The molecule has 0 amide bonds. The van der Waals surface area contributed by atoms with E-state index in [0.29, 0.717) is 4.90 Å². The summed E-state index contributed by atoms with van der Waals surface area (Å²) in [5.74, 6) is -4.40. The van der Waals surface area contributed by atoms with Crippen LogP contribution < -0.4 is 0 Å². The molecule has 5 unspecified atom stereocenters. The minimum atomic E-state index is -1.61. The second-order valence-electron chi connectivity index (χ2n) is 7.47. The van der Waals surface area contributed by atoms with Crippen LogP contribution in [0, 0.1) is 28.8 Å². The number of rotatable bonds is 6. The van der Waals surface area contributed by atoms with Crippen molar-refractivity contribution in [2.45, 2.75) is 34.7 Å². The molecule has 1 aliphatic rings. The van der Waals surface area contributed by atoms with E-state index in [4.69, 9.17) is 21.1 Å². The van der Waals surface area contributed by atoms with Crippen LogP contribution in [-0.2, 0) is 9.47 Å². The molecule has 2 aromatic heterocycles. The van der Waals surface area contributed by atoms with Crippen LogP contribution in [0.5, 0.6) is 0 Å². The maximum Gasteiger partial charge on any atom is 0.194 e. The minimum absolute atomic E-state index is 0.00639. The molecule has 3 aromatic rings. The normalized spacial score (nSPS) is 24.3. The molecule has 5 atom stereocenters. The fraction of sp³-hybridized carbons (Fsp3) is 0.333. The van der Waals surface area contributed by atoms with Crippen molar-refractivity contribution < 1.29 is 32.9 Å². The molecule has 1 aliphatic heterocycles. The summed E-state index contributed by atoms with van der Waals surface area (Å²) < 4.78 is 53.4. The van der Waals surface area contributed by atoms with E-state index >= 15 is 0 Å². The highest BCUT2D eigenvalue weighted by atomic mass is 35.5. The van der Waals surface area contributed by atoms with Gasteiger partial charge in [-0.1, -0.05) is 28.6 Å². The number of hydrogen-bond acceptors (Lipinski definition) is 9. The van der Waals surface area contributed by atoms with Crippen molar-refractivity contribution in [2.75, 3.05) is 13.7 Å². The standard InChI is InChI=1S/C21H17ClF3N5O4S/c1-33-20-18(30-7-14(28-29-30)9-2-11(23)17(25)12(24)3-9)19(32)15(8-31)34-21(20)35-16-4-10(22)6-27-13(16)5-26/h2-4,6-7,15,18-21,31-32H,8H2,1H3.